The van der Waals surface area contributed by atoms with E-state index >= 15 is 0 Å². The van der Waals surface area contributed by atoms with Crippen LogP contribution in [0, 0.1) is 10.1 Å². The molecule has 2 aromatic rings. The predicted molar refractivity (Wildman–Crippen MR) is 86.6 cm³/mol. The molecule has 0 saturated heterocycles. The molecule has 0 spiro atoms. The molecule has 23 heavy (non-hydrogen) atoms. The summed E-state index contributed by atoms with van der Waals surface area (Å²) in [5.74, 6) is 0.262. The van der Waals surface area contributed by atoms with Crippen molar-refractivity contribution in [3.05, 3.63) is 69.8 Å². The predicted octanol–water partition coefficient (Wildman–Crippen LogP) is 3.44. The lowest BCUT2D eigenvalue weighted by Crippen LogP contribution is -2.30. The highest BCUT2D eigenvalue weighted by Crippen LogP contribution is 2.30. The van der Waals surface area contributed by atoms with Gasteiger partial charge in [0.1, 0.15) is 11.3 Å². The summed E-state index contributed by atoms with van der Waals surface area (Å²) in [4.78, 5) is 24.7. The maximum atomic E-state index is 12.7. The Hall–Kier alpha value is -2.89. The minimum Gasteiger partial charge on any atom is -0.496 e. The zero-order valence-corrected chi connectivity index (χ0v) is 13.2. The summed E-state index contributed by atoms with van der Waals surface area (Å²) in [6.07, 6.45) is 0. The zero-order chi connectivity index (χ0) is 17.0. The minimum absolute atomic E-state index is 0.0711. The van der Waals surface area contributed by atoms with Crippen molar-refractivity contribution in [1.29, 1.82) is 0 Å². The maximum Gasteiger partial charge on any atom is 0.282 e. The molecule has 0 aliphatic rings. The molecule has 0 bridgehead atoms. The molecule has 120 valence electrons. The third kappa shape index (κ3) is 3.31. The zero-order valence-electron chi connectivity index (χ0n) is 13.2. The van der Waals surface area contributed by atoms with Crippen LogP contribution in [-0.2, 0) is 0 Å². The van der Waals surface area contributed by atoms with Gasteiger partial charge in [-0.1, -0.05) is 30.3 Å². The van der Waals surface area contributed by atoms with E-state index in [1.807, 2.05) is 31.2 Å². The average Bonchev–Trinajstić information content (AvgIpc) is 2.59. The maximum absolute atomic E-state index is 12.7. The Morgan fingerprint density at radius 3 is 2.43 bits per heavy atom. The normalized spacial score (nSPS) is 11.6. The van der Waals surface area contributed by atoms with Gasteiger partial charge in [-0.15, -0.1) is 0 Å². The number of rotatable bonds is 5. The number of nitro groups is 1. The monoisotopic (exact) mass is 314 g/mol. The van der Waals surface area contributed by atoms with Gasteiger partial charge in [-0.3, -0.25) is 14.9 Å². The van der Waals surface area contributed by atoms with Gasteiger partial charge < -0.3 is 9.64 Å². The van der Waals surface area contributed by atoms with Crippen LogP contribution in [0.4, 0.5) is 5.69 Å². The van der Waals surface area contributed by atoms with Gasteiger partial charge in [-0.25, -0.2) is 0 Å². The summed E-state index contributed by atoms with van der Waals surface area (Å²) >= 11 is 0. The summed E-state index contributed by atoms with van der Waals surface area (Å²) in [7, 11) is 3.19. The summed E-state index contributed by atoms with van der Waals surface area (Å²) in [6.45, 7) is 1.85. The number of amides is 1. The lowest BCUT2D eigenvalue weighted by Gasteiger charge is -2.26. The Bertz CT molecular complexity index is 730. The first kappa shape index (κ1) is 16.5. The van der Waals surface area contributed by atoms with Crippen molar-refractivity contribution in [3.63, 3.8) is 0 Å². The second-order valence-electron chi connectivity index (χ2n) is 5.11. The molecule has 6 heteroatoms. The Morgan fingerprint density at radius 2 is 1.78 bits per heavy atom. The van der Waals surface area contributed by atoms with Crippen molar-refractivity contribution in [2.75, 3.05) is 14.2 Å². The van der Waals surface area contributed by atoms with Crippen molar-refractivity contribution in [2.24, 2.45) is 0 Å². The van der Waals surface area contributed by atoms with E-state index in [1.54, 1.807) is 26.3 Å². The second-order valence-corrected chi connectivity index (χ2v) is 5.11. The smallest absolute Gasteiger partial charge is 0.282 e. The number of carbonyl (C=O) groups excluding carboxylic acids is 1. The highest BCUT2D eigenvalue weighted by molar-refractivity contribution is 5.98. The Morgan fingerprint density at radius 1 is 1.17 bits per heavy atom. The third-order valence-electron chi connectivity index (χ3n) is 3.82. The molecule has 6 nitrogen and oxygen atoms in total. The molecule has 0 N–H and O–H groups in total. The van der Waals surface area contributed by atoms with Crippen molar-refractivity contribution >= 4 is 11.6 Å². The summed E-state index contributed by atoms with van der Waals surface area (Å²) < 4.78 is 5.32. The molecule has 2 aromatic carbocycles. The van der Waals surface area contributed by atoms with Crippen LogP contribution in [0.1, 0.15) is 28.9 Å². The molecule has 1 atom stereocenters. The van der Waals surface area contributed by atoms with Crippen LogP contribution >= 0.6 is 0 Å². The number of nitrogens with zero attached hydrogens (tertiary/aromatic N) is 2. The van der Waals surface area contributed by atoms with Crippen molar-refractivity contribution in [1.82, 2.24) is 4.90 Å². The van der Waals surface area contributed by atoms with Crippen LogP contribution in [0.3, 0.4) is 0 Å². The Kier molecular flexibility index (Phi) is 4.95. The molecular formula is C17H18N2O4. The third-order valence-corrected chi connectivity index (χ3v) is 3.82. The van der Waals surface area contributed by atoms with Gasteiger partial charge in [0, 0.05) is 18.7 Å². The molecule has 0 saturated carbocycles. The summed E-state index contributed by atoms with van der Waals surface area (Å²) in [5, 5.41) is 11.1. The number of ether oxygens (including phenoxy) is 1. The number of para-hydroxylation sites is 2. The van der Waals surface area contributed by atoms with E-state index in [1.165, 1.54) is 17.0 Å². The van der Waals surface area contributed by atoms with E-state index in [4.69, 9.17) is 4.74 Å². The van der Waals surface area contributed by atoms with Gasteiger partial charge >= 0.3 is 0 Å². The number of hydrogen-bond acceptors (Lipinski definition) is 4. The summed E-state index contributed by atoms with van der Waals surface area (Å²) in [6, 6.07) is 13.0. The number of carbonyl (C=O) groups is 1. The van der Waals surface area contributed by atoms with Gasteiger partial charge in [0.15, 0.2) is 0 Å². The molecule has 0 aliphatic carbocycles. The van der Waals surface area contributed by atoms with Gasteiger partial charge in [0.25, 0.3) is 11.6 Å². The highest BCUT2D eigenvalue weighted by atomic mass is 16.6. The van der Waals surface area contributed by atoms with Crippen molar-refractivity contribution < 1.29 is 14.5 Å². The van der Waals surface area contributed by atoms with E-state index in [0.29, 0.717) is 5.75 Å². The number of methoxy groups -OCH3 is 1. The molecule has 0 radical (unpaired) electrons. The van der Waals surface area contributed by atoms with E-state index < -0.39 is 10.8 Å². The van der Waals surface area contributed by atoms with Crippen LogP contribution in [0.5, 0.6) is 5.75 Å². The molecule has 0 heterocycles. The van der Waals surface area contributed by atoms with Gasteiger partial charge in [-0.05, 0) is 19.1 Å². The molecule has 1 amide bonds. The van der Waals surface area contributed by atoms with Gasteiger partial charge in [0.05, 0.1) is 18.1 Å². The van der Waals surface area contributed by atoms with Crippen LogP contribution < -0.4 is 4.74 Å². The largest absolute Gasteiger partial charge is 0.496 e. The molecule has 0 aliphatic heterocycles. The lowest BCUT2D eigenvalue weighted by molar-refractivity contribution is -0.385. The first-order chi connectivity index (χ1) is 11.0. The van der Waals surface area contributed by atoms with Crippen molar-refractivity contribution in [2.45, 2.75) is 13.0 Å². The lowest BCUT2D eigenvalue weighted by atomic mass is 10.0. The number of benzene rings is 2. The topological polar surface area (TPSA) is 72.7 Å². The highest BCUT2D eigenvalue weighted by Gasteiger charge is 2.26. The van der Waals surface area contributed by atoms with Crippen molar-refractivity contribution in [3.8, 4) is 5.75 Å². The molecule has 0 unspecified atom stereocenters. The van der Waals surface area contributed by atoms with Gasteiger partial charge in [0.2, 0.25) is 0 Å². The van der Waals surface area contributed by atoms with Gasteiger partial charge in [-0.2, -0.15) is 0 Å². The number of hydrogen-bond donors (Lipinski definition) is 0. The van der Waals surface area contributed by atoms with Crippen LogP contribution in [0.15, 0.2) is 48.5 Å². The molecular weight excluding hydrogens is 296 g/mol. The first-order valence-electron chi connectivity index (χ1n) is 7.10. The molecule has 0 fully saturated rings. The Balaban J connectivity index is 2.35. The fourth-order valence-corrected chi connectivity index (χ4v) is 2.40. The van der Waals surface area contributed by atoms with E-state index in [-0.39, 0.29) is 17.3 Å². The minimum atomic E-state index is -0.547. The van der Waals surface area contributed by atoms with E-state index in [0.717, 1.165) is 5.56 Å². The molecule has 2 rings (SSSR count). The first-order valence-corrected chi connectivity index (χ1v) is 7.10. The van der Waals surface area contributed by atoms with Crippen LogP contribution in [0.25, 0.3) is 0 Å². The fraction of sp³-hybridized carbons (Fsp3) is 0.235. The van der Waals surface area contributed by atoms with E-state index in [2.05, 4.69) is 0 Å². The van der Waals surface area contributed by atoms with Crippen LogP contribution in [-0.4, -0.2) is 29.9 Å². The average molecular weight is 314 g/mol. The number of nitro benzene ring substituents is 1. The molecule has 0 aromatic heterocycles. The summed E-state index contributed by atoms with van der Waals surface area (Å²) in [5.41, 5.74) is 0.711. The fourth-order valence-electron chi connectivity index (χ4n) is 2.40. The van der Waals surface area contributed by atoms with Crippen LogP contribution in [0.2, 0.25) is 0 Å². The standard InChI is InChI=1S/C17H18N2O4/c1-12(13-8-5-7-11-16(13)23-3)18(2)17(20)14-9-4-6-10-15(14)19(21)22/h4-12H,1-3H3/t12-/m0/s1. The quantitative estimate of drug-likeness (QED) is 0.626. The second kappa shape index (κ2) is 6.91. The Labute approximate surface area is 134 Å². The van der Waals surface area contributed by atoms with E-state index in [9.17, 15) is 14.9 Å². The SMILES string of the molecule is COc1ccccc1[C@H](C)N(C)C(=O)c1ccccc1[N+](=O)[O-].